The standard InChI is InChI=1S/C26H36N2O5/c1-28-13-12-25-20-16-8-9-18(29)22(20)33-23(25)17(10-11-26(25,32-2)19(28)14-16)27-21(24(30)31)15-6-4-3-5-7-15/h8-9,15,17,19,21,23,27,29H,3-7,10-14H2,1-2H3,(H,30,31)/t17-,19+,21-,23-,25-,26+/m0/s1. The van der Waals surface area contributed by atoms with E-state index in [4.69, 9.17) is 9.47 Å². The fourth-order valence-electron chi connectivity index (χ4n) is 8.42. The molecule has 1 spiro atoms. The van der Waals surface area contributed by atoms with Crippen molar-refractivity contribution in [1.29, 1.82) is 0 Å². The van der Waals surface area contributed by atoms with Gasteiger partial charge in [0.25, 0.3) is 0 Å². The molecule has 0 unspecified atom stereocenters. The molecule has 3 fully saturated rings. The van der Waals surface area contributed by atoms with Crippen LogP contribution in [0.3, 0.4) is 0 Å². The molecule has 6 rings (SSSR count). The molecule has 180 valence electrons. The van der Waals surface area contributed by atoms with Gasteiger partial charge in [0.2, 0.25) is 0 Å². The monoisotopic (exact) mass is 456 g/mol. The number of benzene rings is 1. The number of phenols is 1. The number of rotatable bonds is 5. The molecule has 0 radical (unpaired) electrons. The van der Waals surface area contributed by atoms with Crippen molar-refractivity contribution in [1.82, 2.24) is 10.2 Å². The number of ether oxygens (including phenoxy) is 2. The average Bonchev–Trinajstić information content (AvgIpc) is 3.18. The highest BCUT2D eigenvalue weighted by Gasteiger charge is 2.73. The summed E-state index contributed by atoms with van der Waals surface area (Å²) in [7, 11) is 4.01. The van der Waals surface area contributed by atoms with Crippen LogP contribution in [0.25, 0.3) is 0 Å². The van der Waals surface area contributed by atoms with Crippen LogP contribution < -0.4 is 10.1 Å². The van der Waals surface area contributed by atoms with E-state index in [0.717, 1.165) is 63.5 Å². The van der Waals surface area contributed by atoms with E-state index in [1.165, 1.54) is 12.0 Å². The second-order valence-corrected chi connectivity index (χ2v) is 11.0. The fourth-order valence-corrected chi connectivity index (χ4v) is 8.42. The first-order chi connectivity index (χ1) is 15.9. The highest BCUT2D eigenvalue weighted by molar-refractivity contribution is 5.74. The summed E-state index contributed by atoms with van der Waals surface area (Å²) in [5.74, 6) is 0.181. The number of carboxylic acids is 1. The summed E-state index contributed by atoms with van der Waals surface area (Å²) in [5, 5.41) is 24.5. The Bertz CT molecular complexity index is 962. The normalized spacial score (nSPS) is 38.4. The van der Waals surface area contributed by atoms with E-state index >= 15 is 0 Å². The van der Waals surface area contributed by atoms with Crippen LogP contribution in [0, 0.1) is 5.92 Å². The van der Waals surface area contributed by atoms with Crippen molar-refractivity contribution in [2.24, 2.45) is 5.92 Å². The van der Waals surface area contributed by atoms with Gasteiger partial charge in [-0.25, -0.2) is 0 Å². The van der Waals surface area contributed by atoms with Gasteiger partial charge >= 0.3 is 5.97 Å². The van der Waals surface area contributed by atoms with Gasteiger partial charge in [-0.1, -0.05) is 25.3 Å². The summed E-state index contributed by atoms with van der Waals surface area (Å²) >= 11 is 0. The van der Waals surface area contributed by atoms with E-state index in [9.17, 15) is 15.0 Å². The van der Waals surface area contributed by atoms with Gasteiger partial charge in [-0.05, 0) is 69.7 Å². The van der Waals surface area contributed by atoms with Crippen molar-refractivity contribution in [3.05, 3.63) is 23.3 Å². The lowest BCUT2D eigenvalue weighted by Gasteiger charge is -2.65. The number of hydrogen-bond acceptors (Lipinski definition) is 6. The average molecular weight is 457 g/mol. The van der Waals surface area contributed by atoms with Crippen LogP contribution in [0.2, 0.25) is 0 Å². The number of phenolic OH excluding ortho intramolecular Hbond substituents is 1. The van der Waals surface area contributed by atoms with Crippen molar-refractivity contribution in [3.63, 3.8) is 0 Å². The molecule has 2 aliphatic heterocycles. The molecule has 0 amide bonds. The van der Waals surface area contributed by atoms with Crippen LogP contribution in [-0.2, 0) is 21.4 Å². The summed E-state index contributed by atoms with van der Waals surface area (Å²) in [6, 6.07) is 3.38. The van der Waals surface area contributed by atoms with Gasteiger partial charge in [-0.3, -0.25) is 10.1 Å². The van der Waals surface area contributed by atoms with E-state index in [2.05, 4.69) is 17.3 Å². The summed E-state index contributed by atoms with van der Waals surface area (Å²) in [5.41, 5.74) is 1.57. The minimum absolute atomic E-state index is 0.0990. The second kappa shape index (κ2) is 7.59. The topological polar surface area (TPSA) is 91.3 Å². The Labute approximate surface area is 195 Å². The van der Waals surface area contributed by atoms with Crippen molar-refractivity contribution in [2.75, 3.05) is 20.7 Å². The van der Waals surface area contributed by atoms with Crippen LogP contribution >= 0.6 is 0 Å². The summed E-state index contributed by atoms with van der Waals surface area (Å²) in [6.45, 7) is 0.932. The third kappa shape index (κ3) is 2.76. The summed E-state index contributed by atoms with van der Waals surface area (Å²) < 4.78 is 13.1. The number of likely N-dealkylation sites (N-methyl/N-ethyl adjacent to an activating group) is 1. The van der Waals surface area contributed by atoms with Gasteiger partial charge in [0.05, 0.1) is 11.0 Å². The molecule has 3 aliphatic carbocycles. The maximum Gasteiger partial charge on any atom is 0.320 e. The van der Waals surface area contributed by atoms with Crippen LogP contribution in [0.15, 0.2) is 12.1 Å². The minimum Gasteiger partial charge on any atom is -0.504 e. The van der Waals surface area contributed by atoms with Crippen LogP contribution in [0.1, 0.15) is 62.5 Å². The molecular formula is C26H36N2O5. The predicted octanol–water partition coefficient (Wildman–Crippen LogP) is 2.82. The zero-order chi connectivity index (χ0) is 23.0. The van der Waals surface area contributed by atoms with Crippen molar-refractivity contribution < 1.29 is 24.5 Å². The highest BCUT2D eigenvalue weighted by Crippen LogP contribution is 2.66. The van der Waals surface area contributed by atoms with Crippen molar-refractivity contribution >= 4 is 5.97 Å². The lowest BCUT2D eigenvalue weighted by Crippen LogP contribution is -2.78. The smallest absolute Gasteiger partial charge is 0.320 e. The first kappa shape index (κ1) is 21.7. The maximum absolute atomic E-state index is 12.4. The number of aromatic hydroxyl groups is 1. The number of carboxylic acid groups (broad SMARTS) is 1. The largest absolute Gasteiger partial charge is 0.504 e. The Morgan fingerprint density at radius 1 is 1.24 bits per heavy atom. The predicted molar refractivity (Wildman–Crippen MR) is 123 cm³/mol. The molecule has 5 aliphatic rings. The molecule has 33 heavy (non-hydrogen) atoms. The zero-order valence-corrected chi connectivity index (χ0v) is 19.7. The fraction of sp³-hybridized carbons (Fsp3) is 0.731. The van der Waals surface area contributed by atoms with Crippen molar-refractivity contribution in [2.45, 2.75) is 93.0 Å². The SMILES string of the molecule is CO[C@@]12CC[C@H](N[C@H](C(=O)O)C3CCCCC3)[C@@H]3Oc4c(O)ccc5c4[C@@]31CCN(C)[C@@H]2C5. The van der Waals surface area contributed by atoms with Gasteiger partial charge in [-0.2, -0.15) is 0 Å². The van der Waals surface area contributed by atoms with E-state index < -0.39 is 17.6 Å². The molecule has 6 atom stereocenters. The first-order valence-corrected chi connectivity index (χ1v) is 12.7. The van der Waals surface area contributed by atoms with Gasteiger partial charge < -0.3 is 24.6 Å². The summed E-state index contributed by atoms with van der Waals surface area (Å²) in [4.78, 5) is 14.8. The number of piperidine rings is 1. The van der Waals surface area contributed by atoms with Crippen molar-refractivity contribution in [3.8, 4) is 11.5 Å². The molecule has 1 saturated heterocycles. The van der Waals surface area contributed by atoms with Crippen LogP contribution in [0.4, 0.5) is 0 Å². The van der Waals surface area contributed by atoms with Gasteiger partial charge in [0.1, 0.15) is 12.1 Å². The molecule has 7 nitrogen and oxygen atoms in total. The van der Waals surface area contributed by atoms with E-state index in [1.807, 2.05) is 13.2 Å². The lowest BCUT2D eigenvalue weighted by atomic mass is 9.48. The zero-order valence-electron chi connectivity index (χ0n) is 19.7. The number of aliphatic carboxylic acids is 1. The molecule has 7 heteroatoms. The number of likely N-dealkylation sites (tertiary alicyclic amines) is 1. The lowest BCUT2D eigenvalue weighted by molar-refractivity contribution is -0.204. The van der Waals surface area contributed by atoms with Gasteiger partial charge in [0.15, 0.2) is 11.5 Å². The number of methoxy groups -OCH3 is 1. The molecule has 2 saturated carbocycles. The Kier molecular flexibility index (Phi) is 4.99. The maximum atomic E-state index is 12.4. The molecule has 1 aromatic rings. The van der Waals surface area contributed by atoms with E-state index in [1.54, 1.807) is 6.07 Å². The third-order valence-electron chi connectivity index (χ3n) is 9.83. The van der Waals surface area contributed by atoms with Gasteiger partial charge in [-0.15, -0.1) is 0 Å². The Hall–Kier alpha value is -1.83. The third-order valence-corrected chi connectivity index (χ3v) is 9.83. The second-order valence-electron chi connectivity index (χ2n) is 11.0. The number of nitrogens with one attached hydrogen (secondary N) is 1. The molecule has 3 N–H and O–H groups in total. The first-order valence-electron chi connectivity index (χ1n) is 12.7. The molecule has 2 bridgehead atoms. The molecule has 2 heterocycles. The minimum atomic E-state index is -0.757. The van der Waals surface area contributed by atoms with Crippen LogP contribution in [0.5, 0.6) is 11.5 Å². The summed E-state index contributed by atoms with van der Waals surface area (Å²) in [6.07, 6.45) is 8.49. The quantitative estimate of drug-likeness (QED) is 0.628. The van der Waals surface area contributed by atoms with E-state index in [0.29, 0.717) is 5.75 Å². The number of carbonyl (C=O) groups is 1. The number of nitrogens with zero attached hydrogens (tertiary/aromatic N) is 1. The van der Waals surface area contributed by atoms with Gasteiger partial charge in [0, 0.05) is 24.8 Å². The van der Waals surface area contributed by atoms with E-state index in [-0.39, 0.29) is 35.3 Å². The number of hydrogen-bond donors (Lipinski definition) is 3. The molecule has 1 aromatic carbocycles. The Morgan fingerprint density at radius 2 is 2.03 bits per heavy atom. The van der Waals surface area contributed by atoms with Crippen LogP contribution in [-0.4, -0.2) is 71.6 Å². The Morgan fingerprint density at radius 3 is 2.76 bits per heavy atom. The Balaban J connectivity index is 1.44. The molecular weight excluding hydrogens is 420 g/mol. The highest BCUT2D eigenvalue weighted by atomic mass is 16.5. The molecule has 0 aromatic heterocycles.